The summed E-state index contributed by atoms with van der Waals surface area (Å²) in [6.45, 7) is 1.57. The lowest BCUT2D eigenvalue weighted by atomic mass is 10.2. The van der Waals surface area contributed by atoms with Gasteiger partial charge in [-0.25, -0.2) is 5.06 Å². The van der Waals surface area contributed by atoms with E-state index >= 15 is 0 Å². The van der Waals surface area contributed by atoms with Gasteiger partial charge in [-0.15, -0.1) is 11.8 Å². The van der Waals surface area contributed by atoms with Crippen LogP contribution in [0, 0.1) is 0 Å². The number of benzene rings is 1. The number of para-hydroxylation sites is 1. The van der Waals surface area contributed by atoms with E-state index in [2.05, 4.69) is 0 Å². The molecule has 8 heteroatoms. The van der Waals surface area contributed by atoms with Crippen molar-refractivity contribution in [1.29, 1.82) is 0 Å². The summed E-state index contributed by atoms with van der Waals surface area (Å²) in [4.78, 5) is 26.0. The van der Waals surface area contributed by atoms with E-state index in [0.29, 0.717) is 37.7 Å². The minimum absolute atomic E-state index is 0.0474. The molecule has 1 N–H and O–H groups in total. The second-order valence-corrected chi connectivity index (χ2v) is 6.50. The zero-order valence-corrected chi connectivity index (χ0v) is 13.3. The lowest BCUT2D eigenvalue weighted by Crippen LogP contribution is -2.46. The Bertz CT molecular complexity index is 579. The molecule has 1 fully saturated rings. The van der Waals surface area contributed by atoms with Crippen LogP contribution in [-0.4, -0.2) is 60.4 Å². The smallest absolute Gasteiger partial charge is 0.242 e. The minimum atomic E-state index is -0.537. The Labute approximate surface area is 138 Å². The van der Waals surface area contributed by atoms with Crippen molar-refractivity contribution in [3.8, 4) is 0 Å². The number of fused-ring (bicyclic) bond motifs is 1. The quantitative estimate of drug-likeness (QED) is 0.475. The maximum atomic E-state index is 12.7. The van der Waals surface area contributed by atoms with Crippen LogP contribution in [-0.2, 0) is 19.1 Å². The van der Waals surface area contributed by atoms with Gasteiger partial charge in [0.15, 0.2) is 6.29 Å². The van der Waals surface area contributed by atoms with Gasteiger partial charge in [0.2, 0.25) is 12.3 Å². The molecule has 1 aromatic rings. The lowest BCUT2D eigenvalue weighted by Gasteiger charge is -2.34. The molecule has 0 saturated carbocycles. The summed E-state index contributed by atoms with van der Waals surface area (Å²) >= 11 is 1.36. The Morgan fingerprint density at radius 3 is 2.83 bits per heavy atom. The Kier molecular flexibility index (Phi) is 5.16. The third-order valence-corrected chi connectivity index (χ3v) is 4.95. The first-order chi connectivity index (χ1) is 11.2. The number of nitrogens with zero attached hydrogens (tertiary/aromatic N) is 2. The molecule has 1 aromatic carbocycles. The average Bonchev–Trinajstić information content (AvgIpc) is 3.08. The highest BCUT2D eigenvalue weighted by molar-refractivity contribution is 8.01. The van der Waals surface area contributed by atoms with Crippen LogP contribution in [0.2, 0.25) is 0 Å². The van der Waals surface area contributed by atoms with Gasteiger partial charge in [-0.1, -0.05) is 12.1 Å². The monoisotopic (exact) mass is 338 g/mol. The zero-order valence-electron chi connectivity index (χ0n) is 12.5. The molecule has 0 spiro atoms. The van der Waals surface area contributed by atoms with E-state index in [-0.39, 0.29) is 18.7 Å². The van der Waals surface area contributed by atoms with E-state index < -0.39 is 5.25 Å². The Morgan fingerprint density at radius 2 is 2.09 bits per heavy atom. The molecular weight excluding hydrogens is 320 g/mol. The second kappa shape index (κ2) is 7.31. The van der Waals surface area contributed by atoms with Gasteiger partial charge < -0.3 is 14.4 Å². The number of rotatable bonds is 6. The summed E-state index contributed by atoms with van der Waals surface area (Å²) in [5.74, 6) is -0.132. The molecule has 2 aliphatic rings. The number of anilines is 1. The van der Waals surface area contributed by atoms with E-state index in [0.717, 1.165) is 10.6 Å². The molecule has 0 radical (unpaired) electrons. The van der Waals surface area contributed by atoms with Crippen LogP contribution in [0.25, 0.3) is 0 Å². The highest BCUT2D eigenvalue weighted by Gasteiger charge is 2.34. The molecule has 2 aliphatic heterocycles. The van der Waals surface area contributed by atoms with Crippen LogP contribution in [0.4, 0.5) is 5.69 Å². The Hall–Kier alpha value is -1.61. The van der Waals surface area contributed by atoms with Crippen LogP contribution in [0.15, 0.2) is 29.2 Å². The fraction of sp³-hybridized carbons (Fsp3) is 0.467. The van der Waals surface area contributed by atoms with Crippen molar-refractivity contribution in [2.75, 3.05) is 31.2 Å². The summed E-state index contributed by atoms with van der Waals surface area (Å²) in [6, 6.07) is 7.60. The third-order valence-electron chi connectivity index (χ3n) is 3.72. The molecule has 2 heterocycles. The van der Waals surface area contributed by atoms with E-state index in [1.807, 2.05) is 24.3 Å². The summed E-state index contributed by atoms with van der Waals surface area (Å²) in [6.07, 6.45) is 0.597. The number of ether oxygens (including phenoxy) is 2. The van der Waals surface area contributed by atoms with E-state index in [4.69, 9.17) is 9.47 Å². The van der Waals surface area contributed by atoms with Gasteiger partial charge in [0.25, 0.3) is 0 Å². The first kappa shape index (κ1) is 16.3. The zero-order chi connectivity index (χ0) is 16.2. The maximum absolute atomic E-state index is 12.7. The van der Waals surface area contributed by atoms with Crippen LogP contribution in [0.5, 0.6) is 0 Å². The van der Waals surface area contributed by atoms with Crippen molar-refractivity contribution in [2.24, 2.45) is 0 Å². The number of hydroxylamine groups is 2. The lowest BCUT2D eigenvalue weighted by molar-refractivity contribution is -0.150. The number of carbonyl (C=O) groups excluding carboxylic acids is 2. The predicted molar refractivity (Wildman–Crippen MR) is 83.3 cm³/mol. The molecule has 0 aliphatic carbocycles. The molecule has 7 nitrogen and oxygen atoms in total. The van der Waals surface area contributed by atoms with Gasteiger partial charge >= 0.3 is 0 Å². The molecule has 1 atom stereocenters. The molecule has 1 saturated heterocycles. The topological polar surface area (TPSA) is 79.3 Å². The summed E-state index contributed by atoms with van der Waals surface area (Å²) in [7, 11) is 0. The molecule has 1 unspecified atom stereocenters. The van der Waals surface area contributed by atoms with Crippen LogP contribution >= 0.6 is 11.8 Å². The number of thioether (sulfide) groups is 1. The van der Waals surface area contributed by atoms with Crippen molar-refractivity contribution < 1.29 is 24.3 Å². The Balaban J connectivity index is 1.76. The molecular formula is C15H18N2O5S. The van der Waals surface area contributed by atoms with Crippen molar-refractivity contribution in [3.63, 3.8) is 0 Å². The van der Waals surface area contributed by atoms with Gasteiger partial charge in [-0.2, -0.15) is 0 Å². The molecule has 0 aromatic heterocycles. The van der Waals surface area contributed by atoms with Crippen LogP contribution < -0.4 is 4.90 Å². The SMILES string of the molecule is O=CN(O)CC1Sc2ccccc2N(CCC2OCCO2)C1=O. The van der Waals surface area contributed by atoms with Crippen molar-refractivity contribution in [1.82, 2.24) is 5.06 Å². The second-order valence-electron chi connectivity index (χ2n) is 5.25. The molecule has 124 valence electrons. The predicted octanol–water partition coefficient (Wildman–Crippen LogP) is 1.10. The molecule has 3 rings (SSSR count). The van der Waals surface area contributed by atoms with E-state index in [1.54, 1.807) is 4.90 Å². The number of carbonyl (C=O) groups is 2. The highest BCUT2D eigenvalue weighted by Crippen LogP contribution is 2.39. The first-order valence-electron chi connectivity index (χ1n) is 7.40. The van der Waals surface area contributed by atoms with Gasteiger partial charge in [0, 0.05) is 17.9 Å². The van der Waals surface area contributed by atoms with Gasteiger partial charge in [-0.05, 0) is 12.1 Å². The minimum Gasteiger partial charge on any atom is -0.350 e. The Morgan fingerprint density at radius 1 is 1.35 bits per heavy atom. The van der Waals surface area contributed by atoms with Crippen LogP contribution in [0.1, 0.15) is 6.42 Å². The fourth-order valence-corrected chi connectivity index (χ4v) is 3.86. The standard InChI is InChI=1S/C15H18N2O5S/c18-10-16(20)9-13-15(19)17(6-5-14-21-7-8-22-14)11-3-1-2-4-12(11)23-13/h1-4,10,13-14,20H,5-9H2. The normalized spacial score (nSPS) is 21.3. The first-order valence-corrected chi connectivity index (χ1v) is 8.28. The largest absolute Gasteiger partial charge is 0.350 e. The van der Waals surface area contributed by atoms with Crippen LogP contribution in [0.3, 0.4) is 0 Å². The summed E-state index contributed by atoms with van der Waals surface area (Å²) < 4.78 is 10.8. The molecule has 23 heavy (non-hydrogen) atoms. The van der Waals surface area contributed by atoms with Crippen molar-refractivity contribution >= 4 is 29.8 Å². The number of hydrogen-bond acceptors (Lipinski definition) is 6. The molecule has 0 bridgehead atoms. The van der Waals surface area contributed by atoms with Gasteiger partial charge in [0.05, 0.1) is 25.4 Å². The van der Waals surface area contributed by atoms with Gasteiger partial charge in [-0.3, -0.25) is 14.8 Å². The van der Waals surface area contributed by atoms with Gasteiger partial charge in [0.1, 0.15) is 5.25 Å². The van der Waals surface area contributed by atoms with E-state index in [1.165, 1.54) is 11.8 Å². The average molecular weight is 338 g/mol. The summed E-state index contributed by atoms with van der Waals surface area (Å²) in [5, 5.41) is 9.37. The highest BCUT2D eigenvalue weighted by atomic mass is 32.2. The summed E-state index contributed by atoms with van der Waals surface area (Å²) in [5.41, 5.74) is 0.840. The number of hydrogen-bond donors (Lipinski definition) is 1. The van der Waals surface area contributed by atoms with Crippen molar-refractivity contribution in [3.05, 3.63) is 24.3 Å². The third kappa shape index (κ3) is 3.66. The van der Waals surface area contributed by atoms with E-state index in [9.17, 15) is 14.8 Å². The number of amides is 2. The molecule has 2 amide bonds. The van der Waals surface area contributed by atoms with Crippen molar-refractivity contribution in [2.45, 2.75) is 22.9 Å². The maximum Gasteiger partial charge on any atom is 0.242 e. The fourth-order valence-electron chi connectivity index (χ4n) is 2.64.